The fraction of sp³-hybridized carbons (Fsp3) is 0.421. The SMILES string of the molecule is Cn1c(=O)c2ncn(CN3CCN(c4ccc(C(F)(F)F)cc4[N+](=O)[O-])CC3)c2n(C)c1=O. The molecule has 1 saturated heterocycles. The van der Waals surface area contributed by atoms with Crippen LogP contribution in [0.15, 0.2) is 34.1 Å². The maximum absolute atomic E-state index is 13.0. The lowest BCUT2D eigenvalue weighted by atomic mass is 10.1. The first-order valence-corrected chi connectivity index (χ1v) is 9.93. The minimum absolute atomic E-state index is 0.131. The van der Waals surface area contributed by atoms with E-state index in [0.717, 1.165) is 16.7 Å². The van der Waals surface area contributed by atoms with Crippen LogP contribution in [0.5, 0.6) is 0 Å². The zero-order valence-corrected chi connectivity index (χ0v) is 17.7. The Morgan fingerprint density at radius 3 is 2.36 bits per heavy atom. The Labute approximate surface area is 184 Å². The van der Waals surface area contributed by atoms with E-state index in [-0.39, 0.29) is 11.2 Å². The van der Waals surface area contributed by atoms with Crippen LogP contribution in [0.4, 0.5) is 24.5 Å². The van der Waals surface area contributed by atoms with Crippen molar-refractivity contribution in [2.24, 2.45) is 14.1 Å². The number of rotatable bonds is 4. The summed E-state index contributed by atoms with van der Waals surface area (Å²) in [7, 11) is 2.92. The summed E-state index contributed by atoms with van der Waals surface area (Å²) in [5.41, 5.74) is -1.96. The second kappa shape index (κ2) is 8.03. The highest BCUT2D eigenvalue weighted by molar-refractivity contribution is 5.69. The standard InChI is InChI=1S/C19H20F3N7O4/c1-24-16-15(17(30)25(2)18(24)31)23-10-28(16)11-26-5-7-27(8-6-26)13-4-3-12(19(20,21)22)9-14(13)29(32)33/h3-4,9-10H,5-8,11H2,1-2H3. The molecule has 0 spiro atoms. The lowest BCUT2D eigenvalue weighted by Crippen LogP contribution is -2.47. The molecule has 3 aromatic rings. The summed E-state index contributed by atoms with van der Waals surface area (Å²) >= 11 is 0. The topological polar surface area (TPSA) is 111 Å². The number of alkyl halides is 3. The Balaban J connectivity index is 1.53. The molecule has 1 fully saturated rings. The number of hydrogen-bond donors (Lipinski definition) is 0. The Kier molecular flexibility index (Phi) is 5.47. The van der Waals surface area contributed by atoms with E-state index in [1.165, 1.54) is 17.9 Å². The normalized spacial score (nSPS) is 15.4. The number of benzene rings is 1. The van der Waals surface area contributed by atoms with Gasteiger partial charge in [0.1, 0.15) is 5.69 Å². The fourth-order valence-electron chi connectivity index (χ4n) is 4.00. The number of nitro benzene ring substituents is 1. The fourth-order valence-corrected chi connectivity index (χ4v) is 4.00. The number of aryl methyl sites for hydroxylation is 1. The molecule has 0 bridgehead atoms. The molecule has 0 N–H and O–H groups in total. The maximum atomic E-state index is 13.0. The third kappa shape index (κ3) is 3.97. The van der Waals surface area contributed by atoms with Gasteiger partial charge in [0.2, 0.25) is 0 Å². The van der Waals surface area contributed by atoms with Gasteiger partial charge in [-0.2, -0.15) is 13.2 Å². The van der Waals surface area contributed by atoms with Crippen molar-refractivity contribution in [3.63, 3.8) is 0 Å². The summed E-state index contributed by atoms with van der Waals surface area (Å²) in [6, 6.07) is 2.53. The number of piperazine rings is 1. The van der Waals surface area contributed by atoms with Gasteiger partial charge in [-0.25, -0.2) is 9.78 Å². The molecule has 0 amide bonds. The van der Waals surface area contributed by atoms with Crippen molar-refractivity contribution in [3.8, 4) is 0 Å². The second-order valence-electron chi connectivity index (χ2n) is 7.80. The zero-order chi connectivity index (χ0) is 24.1. The van der Waals surface area contributed by atoms with E-state index < -0.39 is 33.6 Å². The van der Waals surface area contributed by atoms with Crippen LogP contribution in [0, 0.1) is 10.1 Å². The number of hydrogen-bond acceptors (Lipinski definition) is 7. The number of halogens is 3. The summed E-state index contributed by atoms with van der Waals surface area (Å²) in [5, 5.41) is 11.4. The molecule has 33 heavy (non-hydrogen) atoms. The van der Waals surface area contributed by atoms with Crippen molar-refractivity contribution < 1.29 is 18.1 Å². The number of nitro groups is 1. The van der Waals surface area contributed by atoms with Gasteiger partial charge in [0.05, 0.1) is 23.5 Å². The van der Waals surface area contributed by atoms with E-state index in [9.17, 15) is 32.9 Å². The molecular weight excluding hydrogens is 447 g/mol. The summed E-state index contributed by atoms with van der Waals surface area (Å²) in [4.78, 5) is 42.9. The molecule has 14 heteroatoms. The third-order valence-electron chi connectivity index (χ3n) is 5.77. The van der Waals surface area contributed by atoms with Gasteiger partial charge in [-0.1, -0.05) is 0 Å². The first kappa shape index (κ1) is 22.5. The Hall–Kier alpha value is -3.68. The van der Waals surface area contributed by atoms with Gasteiger partial charge in [0.25, 0.3) is 11.2 Å². The number of nitrogens with zero attached hydrogens (tertiary/aromatic N) is 7. The summed E-state index contributed by atoms with van der Waals surface area (Å²) in [6.45, 7) is 1.92. The van der Waals surface area contributed by atoms with Crippen molar-refractivity contribution in [2.45, 2.75) is 12.8 Å². The molecule has 4 rings (SSSR count). The molecule has 1 aliphatic rings. The van der Waals surface area contributed by atoms with E-state index in [2.05, 4.69) is 4.98 Å². The molecular formula is C19H20F3N7O4. The molecule has 3 heterocycles. The molecule has 176 valence electrons. The molecule has 0 unspecified atom stereocenters. The van der Waals surface area contributed by atoms with Crippen molar-refractivity contribution in [2.75, 3.05) is 31.1 Å². The van der Waals surface area contributed by atoms with Gasteiger partial charge in [0, 0.05) is 46.3 Å². The van der Waals surface area contributed by atoms with E-state index in [4.69, 9.17) is 0 Å². The highest BCUT2D eigenvalue weighted by Crippen LogP contribution is 2.36. The molecule has 0 atom stereocenters. The largest absolute Gasteiger partial charge is 0.416 e. The molecule has 2 aromatic heterocycles. The van der Waals surface area contributed by atoms with Gasteiger partial charge in [-0.15, -0.1) is 0 Å². The number of anilines is 1. The average molecular weight is 467 g/mol. The quantitative estimate of drug-likeness (QED) is 0.418. The lowest BCUT2D eigenvalue weighted by molar-refractivity contribution is -0.384. The van der Waals surface area contributed by atoms with Crippen molar-refractivity contribution in [1.29, 1.82) is 0 Å². The molecule has 0 aliphatic carbocycles. The first-order chi connectivity index (χ1) is 15.5. The second-order valence-corrected chi connectivity index (χ2v) is 7.80. The van der Waals surface area contributed by atoms with E-state index >= 15 is 0 Å². The van der Waals surface area contributed by atoms with Gasteiger partial charge < -0.3 is 9.47 Å². The van der Waals surface area contributed by atoms with Gasteiger partial charge in [-0.05, 0) is 12.1 Å². The molecule has 0 radical (unpaired) electrons. The lowest BCUT2D eigenvalue weighted by Gasteiger charge is -2.36. The van der Waals surface area contributed by atoms with Gasteiger partial charge >= 0.3 is 11.9 Å². The zero-order valence-electron chi connectivity index (χ0n) is 17.7. The summed E-state index contributed by atoms with van der Waals surface area (Å²) < 4.78 is 42.9. The molecule has 1 aliphatic heterocycles. The number of imidazole rings is 1. The predicted molar refractivity (Wildman–Crippen MR) is 112 cm³/mol. The number of aromatic nitrogens is 4. The van der Waals surface area contributed by atoms with E-state index in [1.54, 1.807) is 16.5 Å². The smallest absolute Gasteiger partial charge is 0.363 e. The van der Waals surface area contributed by atoms with Crippen LogP contribution in [0.25, 0.3) is 11.2 Å². The Morgan fingerprint density at radius 1 is 1.09 bits per heavy atom. The predicted octanol–water partition coefficient (Wildman–Crippen LogP) is 1.14. The molecule has 11 nitrogen and oxygen atoms in total. The molecule has 1 aromatic carbocycles. The molecule has 0 saturated carbocycles. The van der Waals surface area contributed by atoms with Crippen LogP contribution in [0.3, 0.4) is 0 Å². The van der Waals surface area contributed by atoms with E-state index in [0.29, 0.717) is 44.6 Å². The van der Waals surface area contributed by atoms with Crippen LogP contribution < -0.4 is 16.1 Å². The van der Waals surface area contributed by atoms with Crippen molar-refractivity contribution >= 4 is 22.5 Å². The first-order valence-electron chi connectivity index (χ1n) is 9.93. The van der Waals surface area contributed by atoms with Crippen LogP contribution in [0.1, 0.15) is 5.56 Å². The summed E-state index contributed by atoms with van der Waals surface area (Å²) in [6.07, 6.45) is -3.20. The van der Waals surface area contributed by atoms with Gasteiger partial charge in [-0.3, -0.25) is 28.9 Å². The monoisotopic (exact) mass is 467 g/mol. The minimum Gasteiger partial charge on any atom is -0.363 e. The van der Waals surface area contributed by atoms with Crippen LogP contribution >= 0.6 is 0 Å². The van der Waals surface area contributed by atoms with Crippen molar-refractivity contribution in [3.05, 3.63) is 61.0 Å². The van der Waals surface area contributed by atoms with Gasteiger partial charge in [0.15, 0.2) is 11.2 Å². The average Bonchev–Trinajstić information content (AvgIpc) is 3.19. The van der Waals surface area contributed by atoms with Crippen LogP contribution in [-0.4, -0.2) is 54.7 Å². The maximum Gasteiger partial charge on any atom is 0.416 e. The number of fused-ring (bicyclic) bond motifs is 1. The highest BCUT2D eigenvalue weighted by Gasteiger charge is 2.34. The summed E-state index contributed by atoms with van der Waals surface area (Å²) in [5.74, 6) is 0. The van der Waals surface area contributed by atoms with Crippen molar-refractivity contribution in [1.82, 2.24) is 23.6 Å². The Bertz CT molecular complexity index is 1350. The van der Waals surface area contributed by atoms with Crippen LogP contribution in [0.2, 0.25) is 0 Å². The highest BCUT2D eigenvalue weighted by atomic mass is 19.4. The van der Waals surface area contributed by atoms with Crippen LogP contribution in [-0.2, 0) is 26.9 Å². The minimum atomic E-state index is -4.67. The van der Waals surface area contributed by atoms with E-state index in [1.807, 2.05) is 4.90 Å². The third-order valence-corrected chi connectivity index (χ3v) is 5.77. The Morgan fingerprint density at radius 2 is 1.76 bits per heavy atom.